The van der Waals surface area contributed by atoms with Crippen LogP contribution < -0.4 is 4.74 Å². The van der Waals surface area contributed by atoms with E-state index in [1.165, 1.54) is 44.9 Å². The lowest BCUT2D eigenvalue weighted by atomic mass is 9.50. The molecule has 0 N–H and O–H groups in total. The number of rotatable bonds is 2. The van der Waals surface area contributed by atoms with Gasteiger partial charge in [-0.15, -0.1) is 0 Å². The van der Waals surface area contributed by atoms with E-state index in [1.807, 2.05) is 7.11 Å². The van der Waals surface area contributed by atoms with Crippen molar-refractivity contribution in [1.29, 1.82) is 0 Å². The predicted molar refractivity (Wildman–Crippen MR) is 93.0 cm³/mol. The number of hydrogen-bond donors (Lipinski definition) is 0. The first-order chi connectivity index (χ1) is 11.2. The fourth-order valence-corrected chi connectivity index (χ4v) is 6.20. The normalized spacial score (nSPS) is 39.1. The van der Waals surface area contributed by atoms with Crippen molar-refractivity contribution in [1.82, 2.24) is 0 Å². The zero-order valence-corrected chi connectivity index (χ0v) is 14.8. The maximum absolute atomic E-state index is 5.93. The molecule has 2 fully saturated rings. The fraction of sp³-hybridized carbons (Fsp3) is 0.714. The predicted octanol–water partition coefficient (Wildman–Crippen LogP) is 4.96. The van der Waals surface area contributed by atoms with Gasteiger partial charge in [0.05, 0.1) is 13.2 Å². The smallest absolute Gasteiger partial charge is 0.119 e. The van der Waals surface area contributed by atoms with Crippen LogP contribution >= 0.6 is 0 Å². The quantitative estimate of drug-likeness (QED) is 0.768. The van der Waals surface area contributed by atoms with Gasteiger partial charge in [0, 0.05) is 7.11 Å². The lowest BCUT2D eigenvalue weighted by Crippen LogP contribution is -2.51. The molecule has 0 aromatic heterocycles. The van der Waals surface area contributed by atoms with Gasteiger partial charge in [0.2, 0.25) is 0 Å². The van der Waals surface area contributed by atoms with Gasteiger partial charge in [-0.05, 0) is 85.0 Å². The second-order valence-corrected chi connectivity index (χ2v) is 8.18. The zero-order chi connectivity index (χ0) is 16.0. The van der Waals surface area contributed by atoms with Gasteiger partial charge in [0.25, 0.3) is 0 Å². The summed E-state index contributed by atoms with van der Waals surface area (Å²) in [5.74, 6) is 3.43. The Labute approximate surface area is 140 Å². The SMILES string of the molecule is COc1ccc2c(c1)[C@H]1CC[C@]3(C)C(OC)CCC[C@H]3[C@@H]1CC2. The van der Waals surface area contributed by atoms with E-state index in [2.05, 4.69) is 25.1 Å². The van der Waals surface area contributed by atoms with Crippen LogP contribution in [0.2, 0.25) is 0 Å². The van der Waals surface area contributed by atoms with Crippen LogP contribution in [0.15, 0.2) is 18.2 Å². The van der Waals surface area contributed by atoms with Crippen molar-refractivity contribution >= 4 is 0 Å². The summed E-state index contributed by atoms with van der Waals surface area (Å²) in [7, 11) is 3.70. The molecule has 4 rings (SSSR count). The maximum Gasteiger partial charge on any atom is 0.119 e. The van der Waals surface area contributed by atoms with E-state index in [-0.39, 0.29) is 0 Å². The molecule has 5 atom stereocenters. The molecule has 0 saturated heterocycles. The highest BCUT2D eigenvalue weighted by Crippen LogP contribution is 2.60. The average Bonchev–Trinajstić information content (AvgIpc) is 2.59. The Kier molecular flexibility index (Phi) is 3.91. The van der Waals surface area contributed by atoms with Crippen molar-refractivity contribution in [2.24, 2.45) is 17.3 Å². The van der Waals surface area contributed by atoms with Crippen molar-refractivity contribution < 1.29 is 9.47 Å². The first-order valence-electron chi connectivity index (χ1n) is 9.37. The molecule has 1 unspecified atom stereocenters. The molecule has 2 nitrogen and oxygen atoms in total. The van der Waals surface area contributed by atoms with Gasteiger partial charge >= 0.3 is 0 Å². The highest BCUT2D eigenvalue weighted by Gasteiger charge is 2.53. The maximum atomic E-state index is 5.93. The molecule has 0 aliphatic heterocycles. The van der Waals surface area contributed by atoms with Crippen LogP contribution in [0, 0.1) is 17.3 Å². The molecule has 3 aliphatic rings. The molecule has 0 bridgehead atoms. The number of benzene rings is 1. The zero-order valence-electron chi connectivity index (χ0n) is 14.8. The summed E-state index contributed by atoms with van der Waals surface area (Å²) in [6.07, 6.45) is 9.69. The number of methoxy groups -OCH3 is 2. The molecule has 0 spiro atoms. The van der Waals surface area contributed by atoms with Crippen LogP contribution in [0.1, 0.15) is 62.5 Å². The van der Waals surface area contributed by atoms with Crippen LogP contribution in [0.25, 0.3) is 0 Å². The molecule has 23 heavy (non-hydrogen) atoms. The van der Waals surface area contributed by atoms with Crippen molar-refractivity contribution in [2.75, 3.05) is 14.2 Å². The summed E-state index contributed by atoms with van der Waals surface area (Å²) in [5, 5.41) is 0. The first kappa shape index (κ1) is 15.5. The number of aryl methyl sites for hydroxylation is 1. The van der Waals surface area contributed by atoms with E-state index in [0.29, 0.717) is 11.5 Å². The number of ether oxygens (including phenoxy) is 2. The Bertz CT molecular complexity index is 581. The monoisotopic (exact) mass is 314 g/mol. The molecule has 2 heteroatoms. The minimum Gasteiger partial charge on any atom is -0.497 e. The third kappa shape index (κ3) is 2.33. The molecule has 0 radical (unpaired) electrons. The molecule has 0 heterocycles. The summed E-state index contributed by atoms with van der Waals surface area (Å²) < 4.78 is 11.4. The van der Waals surface area contributed by atoms with Crippen molar-refractivity contribution in [3.63, 3.8) is 0 Å². The summed E-state index contributed by atoms with van der Waals surface area (Å²) in [5.41, 5.74) is 3.54. The number of hydrogen-bond acceptors (Lipinski definition) is 2. The first-order valence-corrected chi connectivity index (χ1v) is 9.37. The van der Waals surface area contributed by atoms with Crippen molar-refractivity contribution in [3.05, 3.63) is 29.3 Å². The minimum atomic E-state index is 0.393. The van der Waals surface area contributed by atoms with Gasteiger partial charge in [-0.3, -0.25) is 0 Å². The van der Waals surface area contributed by atoms with Crippen LogP contribution in [0.5, 0.6) is 5.75 Å². The van der Waals surface area contributed by atoms with Crippen LogP contribution in [-0.4, -0.2) is 20.3 Å². The van der Waals surface area contributed by atoms with Crippen molar-refractivity contribution in [3.8, 4) is 5.75 Å². The van der Waals surface area contributed by atoms with Gasteiger partial charge in [-0.2, -0.15) is 0 Å². The third-order valence-corrected chi connectivity index (χ3v) is 7.38. The van der Waals surface area contributed by atoms with E-state index in [1.54, 1.807) is 18.2 Å². The van der Waals surface area contributed by atoms with E-state index < -0.39 is 0 Å². The van der Waals surface area contributed by atoms with Crippen LogP contribution in [-0.2, 0) is 11.2 Å². The molecule has 0 amide bonds. The van der Waals surface area contributed by atoms with Gasteiger partial charge in [0.1, 0.15) is 5.75 Å². The molecule has 1 aromatic rings. The Hall–Kier alpha value is -1.02. The molecular formula is C21H30O2. The standard InChI is InChI=1S/C21H30O2/c1-21-12-11-16-17(19(21)5-4-6-20(21)23-3)10-8-14-7-9-15(22-2)13-18(14)16/h7,9,13,16-17,19-20H,4-6,8,10-12H2,1-3H3/t16-,17+,19-,20?,21-/m0/s1. The summed E-state index contributed by atoms with van der Waals surface area (Å²) in [6.45, 7) is 2.52. The average molecular weight is 314 g/mol. The second kappa shape index (κ2) is 5.81. The third-order valence-electron chi connectivity index (χ3n) is 7.38. The Balaban J connectivity index is 1.68. The van der Waals surface area contributed by atoms with Crippen LogP contribution in [0.4, 0.5) is 0 Å². The highest BCUT2D eigenvalue weighted by molar-refractivity contribution is 5.40. The van der Waals surface area contributed by atoms with Gasteiger partial charge in [-0.1, -0.05) is 19.4 Å². The lowest BCUT2D eigenvalue weighted by Gasteiger charge is -2.57. The van der Waals surface area contributed by atoms with E-state index in [9.17, 15) is 0 Å². The van der Waals surface area contributed by atoms with E-state index >= 15 is 0 Å². The van der Waals surface area contributed by atoms with E-state index in [4.69, 9.17) is 9.47 Å². The van der Waals surface area contributed by atoms with Gasteiger partial charge < -0.3 is 9.47 Å². The fourth-order valence-electron chi connectivity index (χ4n) is 6.20. The topological polar surface area (TPSA) is 18.5 Å². The summed E-state index contributed by atoms with van der Waals surface area (Å²) in [4.78, 5) is 0. The van der Waals surface area contributed by atoms with Crippen LogP contribution in [0.3, 0.4) is 0 Å². The van der Waals surface area contributed by atoms with E-state index in [0.717, 1.165) is 23.5 Å². The molecule has 3 aliphatic carbocycles. The Morgan fingerprint density at radius 2 is 1.96 bits per heavy atom. The minimum absolute atomic E-state index is 0.393. The summed E-state index contributed by atoms with van der Waals surface area (Å²) in [6, 6.07) is 6.76. The molecular weight excluding hydrogens is 284 g/mol. The van der Waals surface area contributed by atoms with Gasteiger partial charge in [-0.25, -0.2) is 0 Å². The summed E-state index contributed by atoms with van der Waals surface area (Å²) >= 11 is 0. The Morgan fingerprint density at radius 3 is 2.74 bits per heavy atom. The van der Waals surface area contributed by atoms with Crippen molar-refractivity contribution in [2.45, 2.75) is 63.9 Å². The molecule has 2 saturated carbocycles. The Morgan fingerprint density at radius 1 is 1.09 bits per heavy atom. The molecule has 1 aromatic carbocycles. The molecule has 126 valence electrons. The van der Waals surface area contributed by atoms with Gasteiger partial charge in [0.15, 0.2) is 0 Å². The largest absolute Gasteiger partial charge is 0.497 e. The highest BCUT2D eigenvalue weighted by atomic mass is 16.5. The number of fused-ring (bicyclic) bond motifs is 5. The second-order valence-electron chi connectivity index (χ2n) is 8.18. The lowest BCUT2D eigenvalue weighted by molar-refractivity contribution is -0.114.